The smallest absolute Gasteiger partial charge is 0.410 e. The second kappa shape index (κ2) is 6.01. The molecule has 4 nitrogen and oxygen atoms in total. The van der Waals surface area contributed by atoms with Crippen molar-refractivity contribution >= 4 is 6.09 Å². The predicted molar refractivity (Wildman–Crippen MR) is 98.2 cm³/mol. The first-order valence-electron chi connectivity index (χ1n) is 9.63. The molecule has 4 unspecified atom stereocenters. The Hall–Kier alpha value is -1.55. The first kappa shape index (κ1) is 16.9. The fourth-order valence-electron chi connectivity index (χ4n) is 5.35. The Bertz CT molecular complexity index is 639. The Kier molecular flexibility index (Phi) is 4.06. The number of nitrogens with zero attached hydrogens (tertiary/aromatic N) is 2. The van der Waals surface area contributed by atoms with Crippen molar-refractivity contribution in [3.8, 4) is 0 Å². The lowest BCUT2D eigenvalue weighted by atomic mass is 9.86. The van der Waals surface area contributed by atoms with Crippen LogP contribution < -0.4 is 0 Å². The predicted octanol–water partition coefficient (Wildman–Crippen LogP) is 3.90. The van der Waals surface area contributed by atoms with Crippen LogP contribution in [0.1, 0.15) is 46.1 Å². The molecule has 3 fully saturated rings. The van der Waals surface area contributed by atoms with Crippen molar-refractivity contribution in [1.82, 2.24) is 9.80 Å². The largest absolute Gasteiger partial charge is 0.444 e. The SMILES string of the molecule is C[C@@H]1C2C3CC(CC1N3C(=O)OC(C)(C)C)CN2Cc1ccccc1. The minimum absolute atomic E-state index is 0.114. The average Bonchev–Trinajstić information content (AvgIpc) is 2.63. The van der Waals surface area contributed by atoms with Crippen LogP contribution in [0.3, 0.4) is 0 Å². The molecule has 1 amide bonds. The van der Waals surface area contributed by atoms with Gasteiger partial charge in [-0.2, -0.15) is 0 Å². The van der Waals surface area contributed by atoms with Gasteiger partial charge in [-0.25, -0.2) is 4.79 Å². The molecule has 0 spiro atoms. The van der Waals surface area contributed by atoms with E-state index in [0.29, 0.717) is 30.0 Å². The summed E-state index contributed by atoms with van der Waals surface area (Å²) in [5, 5.41) is 0. The molecule has 3 heterocycles. The van der Waals surface area contributed by atoms with Crippen LogP contribution in [-0.2, 0) is 11.3 Å². The molecule has 4 rings (SSSR count). The zero-order valence-corrected chi connectivity index (χ0v) is 15.8. The molecule has 3 saturated heterocycles. The molecule has 5 atom stereocenters. The second-order valence-electron chi connectivity index (χ2n) is 9.12. The minimum atomic E-state index is -0.431. The molecular weight excluding hydrogens is 312 g/mol. The molecule has 0 aromatic heterocycles. The summed E-state index contributed by atoms with van der Waals surface area (Å²) in [5.41, 5.74) is 0.934. The number of amides is 1. The van der Waals surface area contributed by atoms with Crippen LogP contribution in [0.5, 0.6) is 0 Å². The van der Waals surface area contributed by atoms with Crippen molar-refractivity contribution in [2.45, 2.75) is 70.8 Å². The van der Waals surface area contributed by atoms with E-state index in [2.05, 4.69) is 47.1 Å². The third kappa shape index (κ3) is 3.05. The monoisotopic (exact) mass is 342 g/mol. The molecule has 25 heavy (non-hydrogen) atoms. The van der Waals surface area contributed by atoms with E-state index in [1.165, 1.54) is 12.1 Å². The highest BCUT2D eigenvalue weighted by Gasteiger charge is 2.58. The number of piperidine rings is 2. The number of ether oxygens (including phenoxy) is 1. The molecule has 0 aliphatic carbocycles. The van der Waals surface area contributed by atoms with Crippen LogP contribution in [0.4, 0.5) is 4.79 Å². The number of carbonyl (C=O) groups is 1. The van der Waals surface area contributed by atoms with E-state index in [0.717, 1.165) is 19.4 Å². The summed E-state index contributed by atoms with van der Waals surface area (Å²) < 4.78 is 5.74. The van der Waals surface area contributed by atoms with Crippen molar-refractivity contribution in [2.75, 3.05) is 6.54 Å². The summed E-state index contributed by atoms with van der Waals surface area (Å²) in [7, 11) is 0. The van der Waals surface area contributed by atoms with E-state index < -0.39 is 5.60 Å². The Balaban J connectivity index is 1.57. The summed E-state index contributed by atoms with van der Waals surface area (Å²) in [4.78, 5) is 17.6. The number of fused-ring (bicyclic) bond motifs is 2. The van der Waals surface area contributed by atoms with Gasteiger partial charge in [0.15, 0.2) is 0 Å². The quantitative estimate of drug-likeness (QED) is 0.817. The lowest BCUT2D eigenvalue weighted by Gasteiger charge is -2.47. The van der Waals surface area contributed by atoms with Crippen LogP contribution in [-0.4, -0.2) is 46.2 Å². The molecule has 1 aromatic carbocycles. The molecule has 3 aliphatic rings. The molecule has 3 bridgehead atoms. The highest BCUT2D eigenvalue weighted by molar-refractivity contribution is 5.70. The molecule has 4 heteroatoms. The maximum atomic E-state index is 12.8. The minimum Gasteiger partial charge on any atom is -0.444 e. The van der Waals surface area contributed by atoms with Crippen molar-refractivity contribution in [3.05, 3.63) is 35.9 Å². The first-order valence-corrected chi connectivity index (χ1v) is 9.63. The zero-order valence-electron chi connectivity index (χ0n) is 15.8. The lowest BCUT2D eigenvalue weighted by Crippen LogP contribution is -2.57. The van der Waals surface area contributed by atoms with Gasteiger partial charge in [-0.15, -0.1) is 0 Å². The first-order chi connectivity index (χ1) is 11.8. The van der Waals surface area contributed by atoms with Gasteiger partial charge in [0, 0.05) is 25.2 Å². The Morgan fingerprint density at radius 1 is 1.16 bits per heavy atom. The Labute approximate surface area is 151 Å². The molecule has 136 valence electrons. The lowest BCUT2D eigenvalue weighted by molar-refractivity contribution is -0.0205. The van der Waals surface area contributed by atoms with E-state index in [9.17, 15) is 4.79 Å². The highest BCUT2D eigenvalue weighted by atomic mass is 16.6. The molecule has 3 aliphatic heterocycles. The Morgan fingerprint density at radius 3 is 2.52 bits per heavy atom. The molecule has 1 aromatic rings. The van der Waals surface area contributed by atoms with Crippen molar-refractivity contribution in [2.24, 2.45) is 11.8 Å². The van der Waals surface area contributed by atoms with E-state index in [1.54, 1.807) is 0 Å². The fourth-order valence-corrected chi connectivity index (χ4v) is 5.35. The summed E-state index contributed by atoms with van der Waals surface area (Å²) in [6, 6.07) is 11.8. The van der Waals surface area contributed by atoms with Crippen LogP contribution >= 0.6 is 0 Å². The van der Waals surface area contributed by atoms with Gasteiger partial charge >= 0.3 is 6.09 Å². The van der Waals surface area contributed by atoms with E-state index in [1.807, 2.05) is 20.8 Å². The number of hydrogen-bond acceptors (Lipinski definition) is 3. The topological polar surface area (TPSA) is 32.8 Å². The normalized spacial score (nSPS) is 34.4. The number of rotatable bonds is 2. The fraction of sp³-hybridized carbons (Fsp3) is 0.667. The Morgan fingerprint density at radius 2 is 1.84 bits per heavy atom. The van der Waals surface area contributed by atoms with Crippen LogP contribution in [0.25, 0.3) is 0 Å². The second-order valence-corrected chi connectivity index (χ2v) is 9.12. The number of hydrogen-bond donors (Lipinski definition) is 0. The van der Waals surface area contributed by atoms with Gasteiger partial charge in [-0.3, -0.25) is 4.90 Å². The van der Waals surface area contributed by atoms with E-state index in [-0.39, 0.29) is 6.09 Å². The van der Waals surface area contributed by atoms with Crippen LogP contribution in [0, 0.1) is 11.8 Å². The third-order valence-electron chi connectivity index (χ3n) is 6.15. The van der Waals surface area contributed by atoms with Crippen molar-refractivity contribution < 1.29 is 9.53 Å². The number of benzene rings is 1. The third-order valence-corrected chi connectivity index (χ3v) is 6.15. The van der Waals surface area contributed by atoms with Gasteiger partial charge in [-0.05, 0) is 51.0 Å². The number of carbonyl (C=O) groups excluding carboxylic acids is 1. The molecule has 0 saturated carbocycles. The van der Waals surface area contributed by atoms with Crippen molar-refractivity contribution in [3.63, 3.8) is 0 Å². The maximum absolute atomic E-state index is 12.8. The average molecular weight is 342 g/mol. The summed E-state index contributed by atoms with van der Waals surface area (Å²) in [6.07, 6.45) is 2.14. The van der Waals surface area contributed by atoms with Gasteiger partial charge in [0.1, 0.15) is 5.60 Å². The van der Waals surface area contributed by atoms with E-state index >= 15 is 0 Å². The standard InChI is InChI=1S/C21H30N2O2/c1-14-17-10-16-11-18(23(17)20(24)25-21(2,3)4)19(14)22(13-16)12-15-8-6-5-7-9-15/h5-9,14,16-19H,10-13H2,1-4H3/t14-,16?,17?,18?,19?/m0/s1. The highest BCUT2D eigenvalue weighted by Crippen LogP contribution is 2.49. The zero-order chi connectivity index (χ0) is 17.8. The molecule has 0 N–H and O–H groups in total. The number of likely N-dealkylation sites (tertiary alicyclic amines) is 1. The van der Waals surface area contributed by atoms with E-state index in [4.69, 9.17) is 4.74 Å². The van der Waals surface area contributed by atoms with Crippen molar-refractivity contribution in [1.29, 1.82) is 0 Å². The summed E-state index contributed by atoms with van der Waals surface area (Å²) in [5.74, 6) is 1.22. The van der Waals surface area contributed by atoms with Crippen LogP contribution in [0.2, 0.25) is 0 Å². The van der Waals surface area contributed by atoms with Gasteiger partial charge in [0.05, 0.1) is 6.04 Å². The van der Waals surface area contributed by atoms with Gasteiger partial charge in [0.2, 0.25) is 0 Å². The van der Waals surface area contributed by atoms with Gasteiger partial charge in [-0.1, -0.05) is 37.3 Å². The maximum Gasteiger partial charge on any atom is 0.410 e. The van der Waals surface area contributed by atoms with Gasteiger partial charge < -0.3 is 9.64 Å². The molecule has 0 radical (unpaired) electrons. The van der Waals surface area contributed by atoms with Gasteiger partial charge in [0.25, 0.3) is 0 Å². The summed E-state index contributed by atoms with van der Waals surface area (Å²) >= 11 is 0. The summed E-state index contributed by atoms with van der Waals surface area (Å²) in [6.45, 7) is 10.3. The van der Waals surface area contributed by atoms with Crippen LogP contribution in [0.15, 0.2) is 30.3 Å². The molecular formula is C21H30N2O2.